The van der Waals surface area contributed by atoms with Crippen LogP contribution in [0.15, 0.2) is 59.5 Å². The molecule has 1 unspecified atom stereocenters. The van der Waals surface area contributed by atoms with Crippen molar-refractivity contribution >= 4 is 32.5 Å². The summed E-state index contributed by atoms with van der Waals surface area (Å²) < 4.78 is 38.7. The Labute approximate surface area is 168 Å². The van der Waals surface area contributed by atoms with Crippen LogP contribution in [0.25, 0.3) is 10.9 Å². The number of hydrogen-bond donors (Lipinski definition) is 0. The maximum Gasteiger partial charge on any atom is 0.246 e. The molecule has 146 valence electrons. The standard InChI is InChI=1S/C20H19ClN2O4S/c1-26-18-8-7-15(21)12-19(18)28(24,25)23-11-10-16(13-23)27-20-9-6-14-4-2-3-5-17(14)22-20/h2-9,12,16H,10-11,13H2,1H3. The number of pyridine rings is 1. The van der Waals surface area contributed by atoms with Crippen molar-refractivity contribution in [3.63, 3.8) is 0 Å². The number of sulfonamides is 1. The summed E-state index contributed by atoms with van der Waals surface area (Å²) in [5, 5.41) is 1.37. The highest BCUT2D eigenvalue weighted by Gasteiger charge is 2.35. The van der Waals surface area contributed by atoms with Gasteiger partial charge in [-0.2, -0.15) is 4.31 Å². The van der Waals surface area contributed by atoms with Gasteiger partial charge in [0.2, 0.25) is 15.9 Å². The van der Waals surface area contributed by atoms with Gasteiger partial charge < -0.3 is 9.47 Å². The van der Waals surface area contributed by atoms with Crippen molar-refractivity contribution < 1.29 is 17.9 Å². The van der Waals surface area contributed by atoms with E-state index in [1.54, 1.807) is 18.2 Å². The molecule has 0 amide bonds. The van der Waals surface area contributed by atoms with Crippen LogP contribution >= 0.6 is 11.6 Å². The first-order valence-electron chi connectivity index (χ1n) is 8.83. The van der Waals surface area contributed by atoms with Crippen LogP contribution < -0.4 is 9.47 Å². The predicted octanol–water partition coefficient (Wildman–Crippen LogP) is 3.74. The molecule has 0 saturated carbocycles. The van der Waals surface area contributed by atoms with Crippen molar-refractivity contribution in [1.82, 2.24) is 9.29 Å². The zero-order valence-corrected chi connectivity index (χ0v) is 16.8. The van der Waals surface area contributed by atoms with E-state index in [9.17, 15) is 8.42 Å². The molecule has 0 radical (unpaired) electrons. The molecule has 2 aromatic carbocycles. The minimum atomic E-state index is -3.74. The van der Waals surface area contributed by atoms with Crippen molar-refractivity contribution in [2.24, 2.45) is 0 Å². The molecule has 1 atom stereocenters. The van der Waals surface area contributed by atoms with Crippen molar-refractivity contribution in [1.29, 1.82) is 0 Å². The Morgan fingerprint density at radius 1 is 1.14 bits per heavy atom. The third-order valence-electron chi connectivity index (χ3n) is 4.71. The van der Waals surface area contributed by atoms with Gasteiger partial charge in [0.25, 0.3) is 0 Å². The smallest absolute Gasteiger partial charge is 0.246 e. The van der Waals surface area contributed by atoms with E-state index in [0.29, 0.717) is 23.9 Å². The fourth-order valence-electron chi connectivity index (χ4n) is 3.29. The second-order valence-electron chi connectivity index (χ2n) is 6.53. The van der Waals surface area contributed by atoms with Crippen LogP contribution in [0.2, 0.25) is 5.02 Å². The monoisotopic (exact) mass is 418 g/mol. The fraction of sp³-hybridized carbons (Fsp3) is 0.250. The molecule has 0 N–H and O–H groups in total. The molecular weight excluding hydrogens is 400 g/mol. The highest BCUT2D eigenvalue weighted by atomic mass is 35.5. The Balaban J connectivity index is 1.52. The van der Waals surface area contributed by atoms with Crippen LogP contribution in [-0.4, -0.2) is 44.0 Å². The summed E-state index contributed by atoms with van der Waals surface area (Å²) in [6.07, 6.45) is 0.310. The normalized spacial score (nSPS) is 17.7. The molecule has 8 heteroatoms. The Kier molecular flexibility index (Phi) is 5.14. The Hall–Kier alpha value is -2.35. The molecule has 6 nitrogen and oxygen atoms in total. The van der Waals surface area contributed by atoms with Crippen molar-refractivity contribution in [3.8, 4) is 11.6 Å². The highest BCUT2D eigenvalue weighted by Crippen LogP contribution is 2.32. The van der Waals surface area contributed by atoms with Gasteiger partial charge in [-0.1, -0.05) is 29.8 Å². The minimum Gasteiger partial charge on any atom is -0.495 e. The molecule has 4 rings (SSSR count). The van der Waals surface area contributed by atoms with Crippen molar-refractivity contribution in [2.45, 2.75) is 17.4 Å². The van der Waals surface area contributed by atoms with E-state index in [-0.39, 0.29) is 23.3 Å². The third kappa shape index (κ3) is 3.65. The number of fused-ring (bicyclic) bond motifs is 1. The number of halogens is 1. The zero-order chi connectivity index (χ0) is 19.7. The average molecular weight is 419 g/mol. The fourth-order valence-corrected chi connectivity index (χ4v) is 5.19. The topological polar surface area (TPSA) is 68.7 Å². The van der Waals surface area contributed by atoms with Crippen LogP contribution in [-0.2, 0) is 10.0 Å². The van der Waals surface area contributed by atoms with Gasteiger partial charge in [0.05, 0.1) is 19.2 Å². The van der Waals surface area contributed by atoms with Gasteiger partial charge in [-0.15, -0.1) is 0 Å². The number of methoxy groups -OCH3 is 1. The molecule has 0 aliphatic carbocycles. The maximum atomic E-state index is 13.1. The van der Waals surface area contributed by atoms with E-state index in [4.69, 9.17) is 21.1 Å². The van der Waals surface area contributed by atoms with Crippen LogP contribution in [0.5, 0.6) is 11.6 Å². The number of rotatable bonds is 5. The van der Waals surface area contributed by atoms with Gasteiger partial charge >= 0.3 is 0 Å². The molecule has 3 aromatic rings. The molecule has 28 heavy (non-hydrogen) atoms. The van der Waals surface area contributed by atoms with E-state index in [0.717, 1.165) is 10.9 Å². The van der Waals surface area contributed by atoms with Crippen LogP contribution in [0.3, 0.4) is 0 Å². The van der Waals surface area contributed by atoms with E-state index in [1.807, 2.05) is 30.3 Å². The SMILES string of the molecule is COc1ccc(Cl)cc1S(=O)(=O)N1CCC(Oc2ccc3ccccc3n2)C1. The number of aromatic nitrogens is 1. The lowest BCUT2D eigenvalue weighted by Gasteiger charge is -2.19. The van der Waals surface area contributed by atoms with Gasteiger partial charge in [0.15, 0.2) is 0 Å². The van der Waals surface area contributed by atoms with Gasteiger partial charge in [-0.05, 0) is 36.8 Å². The number of ether oxygens (including phenoxy) is 2. The second-order valence-corrected chi connectivity index (χ2v) is 8.87. The Bertz CT molecular complexity index is 1120. The predicted molar refractivity (Wildman–Crippen MR) is 108 cm³/mol. The Morgan fingerprint density at radius 2 is 1.96 bits per heavy atom. The average Bonchev–Trinajstić information content (AvgIpc) is 3.17. The molecule has 1 aliphatic heterocycles. The molecule has 1 aliphatic rings. The largest absolute Gasteiger partial charge is 0.495 e. The summed E-state index contributed by atoms with van der Waals surface area (Å²) in [6, 6.07) is 16.1. The molecular formula is C20H19ClN2O4S. The van der Waals surface area contributed by atoms with Crippen molar-refractivity contribution in [2.75, 3.05) is 20.2 Å². The lowest BCUT2D eigenvalue weighted by Crippen LogP contribution is -2.31. The minimum absolute atomic E-state index is 0.0620. The second kappa shape index (κ2) is 7.58. The highest BCUT2D eigenvalue weighted by molar-refractivity contribution is 7.89. The number of hydrogen-bond acceptors (Lipinski definition) is 5. The van der Waals surface area contributed by atoms with Crippen molar-refractivity contribution in [3.05, 3.63) is 59.6 Å². The number of benzene rings is 2. The molecule has 0 bridgehead atoms. The molecule has 1 saturated heterocycles. The van der Waals surface area contributed by atoms with Gasteiger partial charge in [0, 0.05) is 23.0 Å². The van der Waals surface area contributed by atoms with Crippen LogP contribution in [0, 0.1) is 0 Å². The van der Waals surface area contributed by atoms with Gasteiger partial charge in [0.1, 0.15) is 16.7 Å². The first-order chi connectivity index (χ1) is 13.5. The van der Waals surface area contributed by atoms with E-state index < -0.39 is 10.0 Å². The summed E-state index contributed by atoms with van der Waals surface area (Å²) in [6.45, 7) is 0.600. The van der Waals surface area contributed by atoms with Crippen LogP contribution in [0.1, 0.15) is 6.42 Å². The summed E-state index contributed by atoms with van der Waals surface area (Å²) in [4.78, 5) is 4.56. The van der Waals surface area contributed by atoms with E-state index in [2.05, 4.69) is 4.98 Å². The Morgan fingerprint density at radius 3 is 2.79 bits per heavy atom. The number of para-hydroxylation sites is 1. The maximum absolute atomic E-state index is 13.1. The number of nitrogens with zero attached hydrogens (tertiary/aromatic N) is 2. The van der Waals surface area contributed by atoms with E-state index in [1.165, 1.54) is 17.5 Å². The summed E-state index contributed by atoms with van der Waals surface area (Å²) >= 11 is 6.00. The lowest BCUT2D eigenvalue weighted by molar-refractivity contribution is 0.207. The first-order valence-corrected chi connectivity index (χ1v) is 10.7. The molecule has 1 aromatic heterocycles. The molecule has 2 heterocycles. The van der Waals surface area contributed by atoms with Gasteiger partial charge in [-0.25, -0.2) is 13.4 Å². The zero-order valence-electron chi connectivity index (χ0n) is 15.2. The first kappa shape index (κ1) is 19.0. The summed E-state index contributed by atoms with van der Waals surface area (Å²) in [7, 11) is -2.31. The van der Waals surface area contributed by atoms with Gasteiger partial charge in [-0.3, -0.25) is 0 Å². The quantitative estimate of drug-likeness (QED) is 0.631. The third-order valence-corrected chi connectivity index (χ3v) is 6.83. The lowest BCUT2D eigenvalue weighted by atomic mass is 10.2. The summed E-state index contributed by atoms with van der Waals surface area (Å²) in [5.74, 6) is 0.758. The van der Waals surface area contributed by atoms with E-state index >= 15 is 0 Å². The van der Waals surface area contributed by atoms with Crippen LogP contribution in [0.4, 0.5) is 0 Å². The molecule has 1 fully saturated rings. The summed E-state index contributed by atoms with van der Waals surface area (Å²) in [5.41, 5.74) is 0.839. The molecule has 0 spiro atoms.